The second kappa shape index (κ2) is 8.87. The van der Waals surface area contributed by atoms with Crippen LogP contribution in [0.15, 0.2) is 41.8 Å². The Bertz CT molecular complexity index is 666. The first kappa shape index (κ1) is 19.3. The second-order valence-corrected chi connectivity index (χ2v) is 7.76. The van der Waals surface area contributed by atoms with Crippen molar-refractivity contribution < 1.29 is 14.3 Å². The van der Waals surface area contributed by atoms with Crippen molar-refractivity contribution in [2.75, 3.05) is 25.6 Å². The maximum atomic E-state index is 12.5. The fourth-order valence-corrected chi connectivity index (χ4v) is 3.39. The molecule has 1 aromatic heterocycles. The molecule has 0 aliphatic carbocycles. The molecule has 2 amide bonds. The summed E-state index contributed by atoms with van der Waals surface area (Å²) in [6, 6.07) is 11.1. The van der Waals surface area contributed by atoms with Gasteiger partial charge in [-0.25, -0.2) is 4.79 Å². The van der Waals surface area contributed by atoms with Crippen LogP contribution in [0.5, 0.6) is 5.75 Å². The standard InChI is InChI=1S/C19H26N2O3S/c1-19(2,3)17(16-9-6-12-25-16)21-18(22)20-14-7-5-8-15(13-14)24-11-10-23-4/h5-9,12-13,17H,10-11H2,1-4H3,(H2,20,21,22). The van der Waals surface area contributed by atoms with Crippen LogP contribution in [0.25, 0.3) is 0 Å². The van der Waals surface area contributed by atoms with E-state index in [0.717, 1.165) is 4.88 Å². The Hall–Kier alpha value is -2.05. The average Bonchev–Trinajstić information content (AvgIpc) is 3.06. The Balaban J connectivity index is 2.00. The Morgan fingerprint density at radius 1 is 1.20 bits per heavy atom. The molecule has 0 saturated heterocycles. The predicted molar refractivity (Wildman–Crippen MR) is 102 cm³/mol. The van der Waals surface area contributed by atoms with Crippen molar-refractivity contribution in [3.05, 3.63) is 46.7 Å². The molecule has 0 bridgehead atoms. The number of carbonyl (C=O) groups is 1. The lowest BCUT2D eigenvalue weighted by Crippen LogP contribution is -2.38. The topological polar surface area (TPSA) is 59.6 Å². The van der Waals surface area contributed by atoms with Gasteiger partial charge in [-0.1, -0.05) is 32.9 Å². The molecule has 2 N–H and O–H groups in total. The van der Waals surface area contributed by atoms with Gasteiger partial charge in [-0.2, -0.15) is 0 Å². The molecule has 136 valence electrons. The van der Waals surface area contributed by atoms with E-state index in [1.807, 2.05) is 35.7 Å². The van der Waals surface area contributed by atoms with Crippen LogP contribution in [0.4, 0.5) is 10.5 Å². The van der Waals surface area contributed by atoms with Crippen molar-refractivity contribution in [2.45, 2.75) is 26.8 Å². The maximum absolute atomic E-state index is 12.5. The molecule has 5 nitrogen and oxygen atoms in total. The predicted octanol–water partition coefficient (Wildman–Crippen LogP) is 4.68. The van der Waals surface area contributed by atoms with E-state index >= 15 is 0 Å². The number of rotatable bonds is 7. The van der Waals surface area contributed by atoms with E-state index in [4.69, 9.17) is 9.47 Å². The molecule has 0 spiro atoms. The van der Waals surface area contributed by atoms with Gasteiger partial charge in [0.05, 0.1) is 12.6 Å². The van der Waals surface area contributed by atoms with E-state index in [1.54, 1.807) is 24.5 Å². The average molecular weight is 362 g/mol. The molecule has 0 aliphatic rings. The first-order valence-electron chi connectivity index (χ1n) is 8.23. The fraction of sp³-hybridized carbons (Fsp3) is 0.421. The summed E-state index contributed by atoms with van der Waals surface area (Å²) in [6.07, 6.45) is 0. The highest BCUT2D eigenvalue weighted by atomic mass is 32.1. The molecule has 0 saturated carbocycles. The maximum Gasteiger partial charge on any atom is 0.319 e. The summed E-state index contributed by atoms with van der Waals surface area (Å²) >= 11 is 1.65. The van der Waals surface area contributed by atoms with Gasteiger partial charge in [-0.3, -0.25) is 0 Å². The smallest absolute Gasteiger partial charge is 0.319 e. The van der Waals surface area contributed by atoms with Gasteiger partial charge in [0.25, 0.3) is 0 Å². The summed E-state index contributed by atoms with van der Waals surface area (Å²) in [7, 11) is 1.63. The van der Waals surface area contributed by atoms with Crippen LogP contribution >= 0.6 is 11.3 Å². The SMILES string of the molecule is COCCOc1cccc(NC(=O)NC(c2cccs2)C(C)(C)C)c1. The first-order chi connectivity index (χ1) is 11.9. The molecule has 6 heteroatoms. The van der Waals surface area contributed by atoms with Crippen LogP contribution in [-0.4, -0.2) is 26.4 Å². The van der Waals surface area contributed by atoms with Crippen molar-refractivity contribution >= 4 is 23.1 Å². The first-order valence-corrected chi connectivity index (χ1v) is 9.11. The number of amides is 2. The Morgan fingerprint density at radius 2 is 2.00 bits per heavy atom. The summed E-state index contributed by atoms with van der Waals surface area (Å²) in [5, 5.41) is 7.98. The second-order valence-electron chi connectivity index (χ2n) is 6.78. The lowest BCUT2D eigenvalue weighted by atomic mass is 9.86. The molecule has 0 fully saturated rings. The number of anilines is 1. The molecule has 1 aromatic carbocycles. The minimum absolute atomic E-state index is 0.0614. The van der Waals surface area contributed by atoms with E-state index in [-0.39, 0.29) is 17.5 Å². The van der Waals surface area contributed by atoms with Gasteiger partial charge in [0, 0.05) is 23.7 Å². The number of methoxy groups -OCH3 is 1. The van der Waals surface area contributed by atoms with Crippen LogP contribution in [0.1, 0.15) is 31.7 Å². The Labute approximate surface area is 153 Å². The van der Waals surface area contributed by atoms with E-state index in [0.29, 0.717) is 24.7 Å². The monoisotopic (exact) mass is 362 g/mol. The largest absolute Gasteiger partial charge is 0.491 e. The van der Waals surface area contributed by atoms with Crippen LogP contribution in [0, 0.1) is 5.41 Å². The number of benzene rings is 1. The molecule has 1 atom stereocenters. The summed E-state index contributed by atoms with van der Waals surface area (Å²) in [6.45, 7) is 7.33. The molecule has 1 unspecified atom stereocenters. The Morgan fingerprint density at radius 3 is 2.64 bits per heavy atom. The zero-order valence-electron chi connectivity index (χ0n) is 15.2. The molecule has 1 heterocycles. The molecule has 0 aliphatic heterocycles. The van der Waals surface area contributed by atoms with Crippen molar-refractivity contribution in [1.82, 2.24) is 5.32 Å². The quantitative estimate of drug-likeness (QED) is 0.703. The minimum Gasteiger partial charge on any atom is -0.491 e. The lowest BCUT2D eigenvalue weighted by Gasteiger charge is -2.30. The Kier molecular flexibility index (Phi) is 6.84. The third kappa shape index (κ3) is 6.07. The van der Waals surface area contributed by atoms with E-state index in [2.05, 4.69) is 31.4 Å². The van der Waals surface area contributed by atoms with Gasteiger partial charge in [-0.15, -0.1) is 11.3 Å². The number of ether oxygens (including phenoxy) is 2. The van der Waals surface area contributed by atoms with E-state index in [1.165, 1.54) is 0 Å². The zero-order chi connectivity index (χ0) is 18.3. The number of hydrogen-bond acceptors (Lipinski definition) is 4. The van der Waals surface area contributed by atoms with Gasteiger partial charge >= 0.3 is 6.03 Å². The highest BCUT2D eigenvalue weighted by Crippen LogP contribution is 2.35. The molecule has 25 heavy (non-hydrogen) atoms. The minimum atomic E-state index is -0.234. The van der Waals surface area contributed by atoms with Gasteiger partial charge in [0.15, 0.2) is 0 Å². The summed E-state index contributed by atoms with van der Waals surface area (Å²) in [5.74, 6) is 0.695. The van der Waals surface area contributed by atoms with Crippen LogP contribution in [0.2, 0.25) is 0 Å². The van der Waals surface area contributed by atoms with Crippen LogP contribution in [-0.2, 0) is 4.74 Å². The van der Waals surface area contributed by atoms with Gasteiger partial charge < -0.3 is 20.1 Å². The number of thiophene rings is 1. The summed E-state index contributed by atoms with van der Waals surface area (Å²) in [5.41, 5.74) is 0.596. The highest BCUT2D eigenvalue weighted by Gasteiger charge is 2.28. The third-order valence-electron chi connectivity index (χ3n) is 3.62. The van der Waals surface area contributed by atoms with Crippen LogP contribution < -0.4 is 15.4 Å². The molecule has 2 rings (SSSR count). The zero-order valence-corrected chi connectivity index (χ0v) is 16.0. The normalized spacial score (nSPS) is 12.5. The van der Waals surface area contributed by atoms with Crippen molar-refractivity contribution in [3.63, 3.8) is 0 Å². The molecule has 2 aromatic rings. The molecular weight excluding hydrogens is 336 g/mol. The fourth-order valence-electron chi connectivity index (χ4n) is 2.37. The van der Waals surface area contributed by atoms with E-state index < -0.39 is 0 Å². The number of hydrogen-bond donors (Lipinski definition) is 2. The number of nitrogens with one attached hydrogen (secondary N) is 2. The van der Waals surface area contributed by atoms with Crippen molar-refractivity contribution in [2.24, 2.45) is 5.41 Å². The van der Waals surface area contributed by atoms with Crippen molar-refractivity contribution in [1.29, 1.82) is 0 Å². The lowest BCUT2D eigenvalue weighted by molar-refractivity contribution is 0.146. The number of urea groups is 1. The summed E-state index contributed by atoms with van der Waals surface area (Å²) in [4.78, 5) is 13.6. The highest BCUT2D eigenvalue weighted by molar-refractivity contribution is 7.10. The van der Waals surface area contributed by atoms with Gasteiger partial charge in [0.2, 0.25) is 0 Å². The van der Waals surface area contributed by atoms with E-state index in [9.17, 15) is 4.79 Å². The number of carbonyl (C=O) groups excluding carboxylic acids is 1. The molecule has 0 radical (unpaired) electrons. The van der Waals surface area contributed by atoms with Crippen LogP contribution in [0.3, 0.4) is 0 Å². The van der Waals surface area contributed by atoms with Gasteiger partial charge in [0.1, 0.15) is 12.4 Å². The van der Waals surface area contributed by atoms with Gasteiger partial charge in [-0.05, 0) is 29.0 Å². The molecular formula is C19H26N2O3S. The van der Waals surface area contributed by atoms with Crippen molar-refractivity contribution in [3.8, 4) is 5.75 Å². The summed E-state index contributed by atoms with van der Waals surface area (Å²) < 4.78 is 10.5. The third-order valence-corrected chi connectivity index (χ3v) is 4.55.